The van der Waals surface area contributed by atoms with Gasteiger partial charge >= 0.3 is 5.97 Å². The second kappa shape index (κ2) is 6.32. The summed E-state index contributed by atoms with van der Waals surface area (Å²) in [6.07, 6.45) is 1.70. The van der Waals surface area contributed by atoms with Crippen molar-refractivity contribution in [3.63, 3.8) is 0 Å². The van der Waals surface area contributed by atoms with Crippen LogP contribution in [0.1, 0.15) is 32.7 Å². The maximum Gasteiger partial charge on any atom is 0.339 e. The molecule has 2 heterocycles. The minimum Gasteiger partial charge on any atom is -0.478 e. The van der Waals surface area contributed by atoms with E-state index in [9.17, 15) is 14.7 Å². The van der Waals surface area contributed by atoms with E-state index in [1.54, 1.807) is 36.0 Å². The molecule has 0 spiro atoms. The number of nitrogens with one attached hydrogen (secondary N) is 1. The molecular formula is C15H12ClNO3S2. The van der Waals surface area contributed by atoms with Crippen LogP contribution in [0.25, 0.3) is 0 Å². The van der Waals surface area contributed by atoms with Crippen molar-refractivity contribution >= 4 is 51.6 Å². The van der Waals surface area contributed by atoms with Crippen LogP contribution in [0.5, 0.6) is 0 Å². The summed E-state index contributed by atoms with van der Waals surface area (Å²) in [6, 6.07) is 6.48. The number of rotatable bonds is 3. The van der Waals surface area contributed by atoms with Crippen molar-refractivity contribution in [3.05, 3.63) is 46.0 Å². The fourth-order valence-electron chi connectivity index (χ4n) is 2.29. The number of fused-ring (bicyclic) bond motifs is 1. The summed E-state index contributed by atoms with van der Waals surface area (Å²) in [5, 5.41) is 13.1. The molecule has 1 aromatic heterocycles. The molecule has 1 aliphatic heterocycles. The predicted molar refractivity (Wildman–Crippen MR) is 89.7 cm³/mol. The number of carboxylic acids is 1. The molecule has 0 atom stereocenters. The summed E-state index contributed by atoms with van der Waals surface area (Å²) in [5.74, 6) is -0.342. The standard InChI is InChI=1S/C15H12ClNO3S2/c16-9-5-3-8(4-6-9)12(18)17-13-11(14(19)20)10-2-1-7-21-15(10)22-13/h3-6H,1-2,7H2,(H,17,18)(H,19,20). The van der Waals surface area contributed by atoms with Crippen LogP contribution in [0, 0.1) is 0 Å². The molecule has 22 heavy (non-hydrogen) atoms. The van der Waals surface area contributed by atoms with Gasteiger partial charge in [0.15, 0.2) is 0 Å². The summed E-state index contributed by atoms with van der Waals surface area (Å²) in [6.45, 7) is 0. The number of benzene rings is 1. The number of amides is 1. The van der Waals surface area contributed by atoms with Crippen molar-refractivity contribution in [1.29, 1.82) is 0 Å². The van der Waals surface area contributed by atoms with Crippen molar-refractivity contribution < 1.29 is 14.7 Å². The third-order valence-electron chi connectivity index (χ3n) is 3.32. The first kappa shape index (κ1) is 15.4. The number of carbonyl (C=O) groups is 2. The molecule has 0 saturated carbocycles. The van der Waals surface area contributed by atoms with Crippen molar-refractivity contribution in [2.45, 2.75) is 17.1 Å². The lowest BCUT2D eigenvalue weighted by Gasteiger charge is -2.10. The van der Waals surface area contributed by atoms with Gasteiger partial charge in [-0.15, -0.1) is 23.1 Å². The quantitative estimate of drug-likeness (QED) is 0.858. The molecule has 2 aromatic rings. The predicted octanol–water partition coefficient (Wildman–Crippen LogP) is 4.39. The number of thioether (sulfide) groups is 1. The van der Waals surface area contributed by atoms with Gasteiger partial charge in [0.2, 0.25) is 0 Å². The molecule has 4 nitrogen and oxygen atoms in total. The van der Waals surface area contributed by atoms with Gasteiger partial charge in [0, 0.05) is 10.6 Å². The summed E-state index contributed by atoms with van der Waals surface area (Å²) < 4.78 is 0.995. The van der Waals surface area contributed by atoms with Gasteiger partial charge in [0.25, 0.3) is 5.91 Å². The Balaban J connectivity index is 1.91. The number of carboxylic acid groups (broad SMARTS) is 1. The highest BCUT2D eigenvalue weighted by Gasteiger charge is 2.26. The molecule has 0 saturated heterocycles. The van der Waals surface area contributed by atoms with E-state index in [2.05, 4.69) is 5.32 Å². The molecule has 1 amide bonds. The summed E-state index contributed by atoms with van der Waals surface area (Å²) in [4.78, 5) is 23.8. The van der Waals surface area contributed by atoms with Crippen LogP contribution in [0.15, 0.2) is 28.5 Å². The SMILES string of the molecule is O=C(Nc1sc2c(c1C(=O)O)CCCS2)c1ccc(Cl)cc1. The summed E-state index contributed by atoms with van der Waals surface area (Å²) in [5.41, 5.74) is 1.52. The van der Waals surface area contributed by atoms with E-state index >= 15 is 0 Å². The Morgan fingerprint density at radius 2 is 1.95 bits per heavy atom. The maximum absolute atomic E-state index is 12.3. The summed E-state index contributed by atoms with van der Waals surface area (Å²) in [7, 11) is 0. The van der Waals surface area contributed by atoms with Gasteiger partial charge in [-0.05, 0) is 48.4 Å². The number of hydrogen-bond donors (Lipinski definition) is 2. The third kappa shape index (κ3) is 2.99. The summed E-state index contributed by atoms with van der Waals surface area (Å²) >= 11 is 8.79. The van der Waals surface area contributed by atoms with Crippen LogP contribution in [-0.2, 0) is 6.42 Å². The molecule has 2 N–H and O–H groups in total. The van der Waals surface area contributed by atoms with Gasteiger partial charge in [-0.25, -0.2) is 4.79 Å². The van der Waals surface area contributed by atoms with Crippen molar-refractivity contribution in [2.75, 3.05) is 11.1 Å². The van der Waals surface area contributed by atoms with Crippen LogP contribution < -0.4 is 5.32 Å². The van der Waals surface area contributed by atoms with E-state index in [-0.39, 0.29) is 11.5 Å². The lowest BCUT2D eigenvalue weighted by Crippen LogP contribution is -2.14. The lowest BCUT2D eigenvalue weighted by atomic mass is 10.1. The zero-order valence-corrected chi connectivity index (χ0v) is 13.8. The number of hydrogen-bond acceptors (Lipinski definition) is 4. The molecule has 3 rings (SSSR count). The third-order valence-corrected chi connectivity index (χ3v) is 6.12. The fourth-order valence-corrected chi connectivity index (χ4v) is 4.98. The first-order valence-corrected chi connectivity index (χ1v) is 8.83. The molecule has 0 unspecified atom stereocenters. The van der Waals surface area contributed by atoms with Crippen molar-refractivity contribution in [1.82, 2.24) is 0 Å². The van der Waals surface area contributed by atoms with Gasteiger partial charge in [0.1, 0.15) is 5.00 Å². The average Bonchev–Trinajstić information content (AvgIpc) is 2.85. The Kier molecular flexibility index (Phi) is 4.42. The normalized spacial score (nSPS) is 13.5. The lowest BCUT2D eigenvalue weighted by molar-refractivity contribution is 0.0697. The Morgan fingerprint density at radius 1 is 1.23 bits per heavy atom. The van der Waals surface area contributed by atoms with Gasteiger partial charge in [-0.2, -0.15) is 0 Å². The van der Waals surface area contributed by atoms with Crippen LogP contribution >= 0.6 is 34.7 Å². The second-order valence-electron chi connectivity index (χ2n) is 4.79. The number of halogens is 1. The van der Waals surface area contributed by atoms with Crippen LogP contribution in [0.4, 0.5) is 5.00 Å². The second-order valence-corrected chi connectivity index (χ2v) is 7.61. The maximum atomic E-state index is 12.3. The van der Waals surface area contributed by atoms with E-state index in [0.717, 1.165) is 28.4 Å². The van der Waals surface area contributed by atoms with Crippen molar-refractivity contribution in [2.24, 2.45) is 0 Å². The minimum atomic E-state index is -0.994. The van der Waals surface area contributed by atoms with E-state index in [1.807, 2.05) is 0 Å². The van der Waals surface area contributed by atoms with E-state index in [4.69, 9.17) is 11.6 Å². The van der Waals surface area contributed by atoms with Gasteiger partial charge in [-0.1, -0.05) is 11.6 Å². The Morgan fingerprint density at radius 3 is 2.64 bits per heavy atom. The highest BCUT2D eigenvalue weighted by molar-refractivity contribution is 8.01. The molecule has 1 aromatic carbocycles. The molecule has 0 radical (unpaired) electrons. The zero-order chi connectivity index (χ0) is 15.7. The fraction of sp³-hybridized carbons (Fsp3) is 0.200. The first-order valence-electron chi connectivity index (χ1n) is 6.65. The average molecular weight is 354 g/mol. The van der Waals surface area contributed by atoms with Crippen LogP contribution in [-0.4, -0.2) is 22.7 Å². The molecule has 1 aliphatic rings. The highest BCUT2D eigenvalue weighted by Crippen LogP contribution is 2.43. The molecule has 114 valence electrons. The van der Waals surface area contributed by atoms with E-state index in [0.29, 0.717) is 15.6 Å². The number of aromatic carboxylic acids is 1. The van der Waals surface area contributed by atoms with E-state index < -0.39 is 5.97 Å². The first-order chi connectivity index (χ1) is 10.6. The van der Waals surface area contributed by atoms with E-state index in [1.165, 1.54) is 11.3 Å². The van der Waals surface area contributed by atoms with Gasteiger partial charge in [0.05, 0.1) is 9.77 Å². The molecule has 7 heteroatoms. The topological polar surface area (TPSA) is 66.4 Å². The number of anilines is 1. The minimum absolute atomic E-state index is 0.231. The molecule has 0 fully saturated rings. The molecule has 0 bridgehead atoms. The molecular weight excluding hydrogens is 342 g/mol. The monoisotopic (exact) mass is 353 g/mol. The van der Waals surface area contributed by atoms with Crippen molar-refractivity contribution in [3.8, 4) is 0 Å². The Bertz CT molecular complexity index is 740. The Labute approximate surface area is 140 Å². The van der Waals surface area contributed by atoms with Gasteiger partial charge < -0.3 is 10.4 Å². The van der Waals surface area contributed by atoms with Crippen LogP contribution in [0.3, 0.4) is 0 Å². The zero-order valence-electron chi connectivity index (χ0n) is 11.4. The highest BCUT2D eigenvalue weighted by atomic mass is 35.5. The Hall–Kier alpha value is -1.50. The molecule has 0 aliphatic carbocycles. The van der Waals surface area contributed by atoms with Gasteiger partial charge in [-0.3, -0.25) is 4.79 Å². The van der Waals surface area contributed by atoms with Crippen LogP contribution in [0.2, 0.25) is 5.02 Å². The number of carbonyl (C=O) groups excluding carboxylic acids is 1. The smallest absolute Gasteiger partial charge is 0.339 e. The number of thiophene rings is 1. The largest absolute Gasteiger partial charge is 0.478 e.